The third-order valence-corrected chi connectivity index (χ3v) is 12.7. The van der Waals surface area contributed by atoms with E-state index in [1.807, 2.05) is 12.2 Å². The van der Waals surface area contributed by atoms with E-state index >= 15 is 0 Å². The lowest BCUT2D eigenvalue weighted by atomic mass is 10.1. The van der Waals surface area contributed by atoms with E-state index in [4.69, 9.17) is 23.3 Å². The van der Waals surface area contributed by atoms with Crippen LogP contribution in [0.4, 0.5) is 0 Å². The highest BCUT2D eigenvalue weighted by Gasteiger charge is 2.28. The second kappa shape index (κ2) is 53.9. The summed E-state index contributed by atoms with van der Waals surface area (Å²) in [5.74, 6) is -1.55. The van der Waals surface area contributed by atoms with Crippen molar-refractivity contribution in [2.24, 2.45) is 0 Å². The van der Waals surface area contributed by atoms with Gasteiger partial charge >= 0.3 is 25.7 Å². The lowest BCUT2D eigenvalue weighted by Gasteiger charge is -2.21. The van der Waals surface area contributed by atoms with E-state index < -0.39 is 57.8 Å². The van der Waals surface area contributed by atoms with Crippen molar-refractivity contribution in [3.63, 3.8) is 0 Å². The number of allylic oxidation sites excluding steroid dienone is 14. The molecule has 0 saturated carbocycles. The largest absolute Gasteiger partial charge is 0.472 e. The summed E-state index contributed by atoms with van der Waals surface area (Å²) in [6, 6.07) is 0. The van der Waals surface area contributed by atoms with Crippen molar-refractivity contribution >= 4 is 25.7 Å². The van der Waals surface area contributed by atoms with Crippen molar-refractivity contribution in [1.29, 1.82) is 0 Å². The first-order valence-electron chi connectivity index (χ1n) is 28.5. The van der Waals surface area contributed by atoms with Crippen LogP contribution in [0.1, 0.15) is 239 Å². The lowest BCUT2D eigenvalue weighted by Crippen LogP contribution is -2.30. The minimum absolute atomic E-state index is 0.0849. The third-order valence-electron chi connectivity index (χ3n) is 11.8. The molecule has 0 aliphatic heterocycles. The molecule has 0 aliphatic rings. The van der Waals surface area contributed by atoms with Gasteiger partial charge in [-0.3, -0.25) is 23.4 Å². The molecule has 0 aromatic carbocycles. The molecule has 2 N–H and O–H groups in total. The third kappa shape index (κ3) is 51.6. The van der Waals surface area contributed by atoms with E-state index in [1.165, 1.54) is 77.0 Å². The second-order valence-electron chi connectivity index (χ2n) is 18.7. The van der Waals surface area contributed by atoms with Gasteiger partial charge < -0.3 is 24.2 Å². The Balaban J connectivity index is 4.76. The quantitative estimate of drug-likeness (QED) is 0.0197. The highest BCUT2D eigenvalue weighted by molar-refractivity contribution is 7.47. The van der Waals surface area contributed by atoms with Gasteiger partial charge in [0.2, 0.25) is 0 Å². The predicted molar refractivity (Wildman–Crippen MR) is 298 cm³/mol. The number of phosphoric acid groups is 1. The molecule has 0 amide bonds. The highest BCUT2D eigenvalue weighted by atomic mass is 31.2. The van der Waals surface area contributed by atoms with Gasteiger partial charge in [0, 0.05) is 19.3 Å². The molecule has 414 valence electrons. The van der Waals surface area contributed by atoms with Crippen LogP contribution in [-0.4, -0.2) is 66.5 Å². The monoisotopic (exact) mass is 1030 g/mol. The van der Waals surface area contributed by atoms with Crippen LogP contribution in [0.15, 0.2) is 85.1 Å². The van der Waals surface area contributed by atoms with Crippen LogP contribution in [0.2, 0.25) is 0 Å². The number of aliphatic hydroxyl groups excluding tert-OH is 1. The Kier molecular flexibility index (Phi) is 51.4. The van der Waals surface area contributed by atoms with E-state index in [9.17, 15) is 28.9 Å². The van der Waals surface area contributed by atoms with Gasteiger partial charge in [0.25, 0.3) is 0 Å². The maximum absolute atomic E-state index is 12.9. The van der Waals surface area contributed by atoms with Crippen LogP contribution in [0.5, 0.6) is 0 Å². The maximum Gasteiger partial charge on any atom is 0.472 e. The summed E-state index contributed by atoms with van der Waals surface area (Å²) in [4.78, 5) is 48.4. The standard InChI is InChI=1S/C60H103O11P/c1-4-7-10-13-16-19-22-24-26-28-30-32-35-38-41-44-47-50-59(63)70-56(52-61)54-68-72(65,66)69-55-57(53-67-58(62)49-46-43-40-37-34-21-18-15-12-9-6-3)71-60(64)51-48-45-42-39-36-33-31-29-27-25-23-20-17-14-11-8-5-2/h8,11,15,17-18,20,24-27,31,33,39,42,56-57,61H,4-7,9-10,12-14,16,19,21-23,28-30,32,34-38,40-41,43-55H2,1-3H3,(H,65,66)/b11-8-,18-15-,20-17-,26-24-,27-25-,33-31-,42-39-. The van der Waals surface area contributed by atoms with Crippen molar-refractivity contribution in [2.75, 3.05) is 26.4 Å². The molecule has 3 atom stereocenters. The molecule has 0 saturated heterocycles. The summed E-state index contributed by atoms with van der Waals surface area (Å²) in [6.45, 7) is 4.41. The van der Waals surface area contributed by atoms with Crippen LogP contribution in [0.3, 0.4) is 0 Å². The number of carbonyl (C=O) groups excluding carboxylic acids is 3. The lowest BCUT2D eigenvalue weighted by molar-refractivity contribution is -0.161. The normalized spacial score (nSPS) is 14.0. The van der Waals surface area contributed by atoms with Crippen LogP contribution in [-0.2, 0) is 42.2 Å². The fourth-order valence-corrected chi connectivity index (χ4v) is 8.21. The summed E-state index contributed by atoms with van der Waals surface area (Å²) in [5, 5.41) is 9.81. The maximum atomic E-state index is 12.9. The number of aliphatic hydroxyl groups is 1. The summed E-state index contributed by atoms with van der Waals surface area (Å²) in [6.07, 6.45) is 61.3. The first-order valence-corrected chi connectivity index (χ1v) is 30.0. The van der Waals surface area contributed by atoms with Crippen LogP contribution in [0.25, 0.3) is 0 Å². The highest BCUT2D eigenvalue weighted by Crippen LogP contribution is 2.43. The number of rotatable bonds is 52. The predicted octanol–water partition coefficient (Wildman–Crippen LogP) is 16.7. The zero-order chi connectivity index (χ0) is 52.7. The summed E-state index contributed by atoms with van der Waals surface area (Å²) in [5.41, 5.74) is 0. The molecule has 0 fully saturated rings. The Labute approximate surface area is 439 Å². The topological polar surface area (TPSA) is 155 Å². The smallest absolute Gasteiger partial charge is 0.462 e. The van der Waals surface area contributed by atoms with Crippen molar-refractivity contribution in [3.05, 3.63) is 85.1 Å². The van der Waals surface area contributed by atoms with Gasteiger partial charge in [0.05, 0.1) is 19.8 Å². The van der Waals surface area contributed by atoms with Crippen molar-refractivity contribution in [1.82, 2.24) is 0 Å². The average molecular weight is 1030 g/mol. The summed E-state index contributed by atoms with van der Waals surface area (Å²) >= 11 is 0. The Morgan fingerprint density at radius 3 is 1.22 bits per heavy atom. The van der Waals surface area contributed by atoms with Gasteiger partial charge in [-0.25, -0.2) is 4.57 Å². The fraction of sp³-hybridized carbons (Fsp3) is 0.717. The average Bonchev–Trinajstić information content (AvgIpc) is 3.37. The number of esters is 3. The zero-order valence-electron chi connectivity index (χ0n) is 45.6. The van der Waals surface area contributed by atoms with E-state index in [0.717, 1.165) is 96.3 Å². The minimum atomic E-state index is -4.77. The molecule has 72 heavy (non-hydrogen) atoms. The van der Waals surface area contributed by atoms with Gasteiger partial charge in [0.1, 0.15) is 12.7 Å². The number of hydrogen-bond acceptors (Lipinski definition) is 10. The molecule has 0 spiro atoms. The first kappa shape index (κ1) is 68.7. The molecule has 12 heteroatoms. The molecular weight excluding hydrogens is 928 g/mol. The number of phosphoric ester groups is 1. The number of unbranched alkanes of at least 4 members (excludes halogenated alkanes) is 21. The molecule has 0 aromatic rings. The van der Waals surface area contributed by atoms with Gasteiger partial charge in [-0.2, -0.15) is 0 Å². The van der Waals surface area contributed by atoms with E-state index in [1.54, 1.807) is 0 Å². The molecule has 11 nitrogen and oxygen atoms in total. The molecule has 0 heterocycles. The molecule has 0 rings (SSSR count). The van der Waals surface area contributed by atoms with Gasteiger partial charge in [-0.1, -0.05) is 202 Å². The molecular formula is C60H103O11P. The van der Waals surface area contributed by atoms with E-state index in [0.29, 0.717) is 25.7 Å². The summed E-state index contributed by atoms with van der Waals surface area (Å²) < 4.78 is 39.4. The Bertz CT molecular complexity index is 1530. The molecule has 0 bridgehead atoms. The van der Waals surface area contributed by atoms with Gasteiger partial charge in [-0.15, -0.1) is 0 Å². The Morgan fingerprint density at radius 2 is 0.750 bits per heavy atom. The van der Waals surface area contributed by atoms with Crippen LogP contribution in [0, 0.1) is 0 Å². The zero-order valence-corrected chi connectivity index (χ0v) is 46.5. The Hall–Kier alpha value is -3.34. The Morgan fingerprint density at radius 1 is 0.403 bits per heavy atom. The number of ether oxygens (including phenoxy) is 3. The molecule has 0 aliphatic carbocycles. The van der Waals surface area contributed by atoms with Gasteiger partial charge in [0.15, 0.2) is 6.10 Å². The molecule has 0 radical (unpaired) electrons. The number of carbonyl (C=O) groups is 3. The van der Waals surface area contributed by atoms with Crippen molar-refractivity contribution in [3.8, 4) is 0 Å². The number of hydrogen-bond donors (Lipinski definition) is 2. The summed E-state index contributed by atoms with van der Waals surface area (Å²) in [7, 11) is -4.77. The van der Waals surface area contributed by atoms with E-state index in [2.05, 4.69) is 93.7 Å². The van der Waals surface area contributed by atoms with Crippen molar-refractivity contribution in [2.45, 2.75) is 251 Å². The first-order chi connectivity index (χ1) is 35.2. The van der Waals surface area contributed by atoms with Crippen molar-refractivity contribution < 1.29 is 52.2 Å². The van der Waals surface area contributed by atoms with Gasteiger partial charge in [-0.05, 0) is 103 Å². The molecule has 3 unspecified atom stereocenters. The van der Waals surface area contributed by atoms with Crippen LogP contribution >= 0.6 is 7.82 Å². The van der Waals surface area contributed by atoms with Crippen LogP contribution < -0.4 is 0 Å². The minimum Gasteiger partial charge on any atom is -0.462 e. The SMILES string of the molecule is CC/C=C\C/C=C\C/C=C\C/C=C\C/C=C\CCCC(=O)OC(COC(=O)CCCCCCC/C=C\CCCC)COP(=O)(O)OCC(CO)OC(=O)CCCCCCCCC/C=C\CCCCCCCC. The fourth-order valence-electron chi connectivity index (χ4n) is 7.43. The van der Waals surface area contributed by atoms with E-state index in [-0.39, 0.29) is 25.9 Å². The molecule has 0 aromatic heterocycles. The second-order valence-corrected chi connectivity index (χ2v) is 20.2.